The number of carbonyl (C=O) groups is 1. The van der Waals surface area contributed by atoms with Crippen molar-refractivity contribution in [3.63, 3.8) is 0 Å². The predicted molar refractivity (Wildman–Crippen MR) is 59.5 cm³/mol. The van der Waals surface area contributed by atoms with Gasteiger partial charge in [-0.1, -0.05) is 28.9 Å². The summed E-state index contributed by atoms with van der Waals surface area (Å²) in [7, 11) is 0. The molecule has 0 unspecified atom stereocenters. The topological polar surface area (TPSA) is 26.3 Å². The van der Waals surface area contributed by atoms with Gasteiger partial charge in [-0.05, 0) is 31.0 Å². The molecule has 0 amide bonds. The van der Waals surface area contributed by atoms with E-state index in [1.807, 2.05) is 19.9 Å². The van der Waals surface area contributed by atoms with E-state index in [0.29, 0.717) is 12.2 Å². The van der Waals surface area contributed by atoms with Crippen molar-refractivity contribution in [2.45, 2.75) is 20.3 Å². The van der Waals surface area contributed by atoms with Crippen LogP contribution in [0.2, 0.25) is 0 Å². The molecule has 1 rings (SSSR count). The molecular formula is C11H13BrO2. The van der Waals surface area contributed by atoms with Gasteiger partial charge >= 0.3 is 5.97 Å². The first-order valence-electron chi connectivity index (χ1n) is 4.58. The smallest absolute Gasteiger partial charge is 0.338 e. The molecule has 0 aliphatic heterocycles. The molecule has 0 fully saturated rings. The van der Waals surface area contributed by atoms with Crippen LogP contribution in [0.25, 0.3) is 0 Å². The SMILES string of the molecule is CCCOC(=O)c1ccc(C)c(Br)c1. The summed E-state index contributed by atoms with van der Waals surface area (Å²) in [5.74, 6) is -0.257. The Kier molecular flexibility index (Phi) is 4.14. The molecule has 76 valence electrons. The lowest BCUT2D eigenvalue weighted by Crippen LogP contribution is -2.05. The highest BCUT2D eigenvalue weighted by atomic mass is 79.9. The van der Waals surface area contributed by atoms with E-state index in [2.05, 4.69) is 15.9 Å². The van der Waals surface area contributed by atoms with Crippen LogP contribution in [0.3, 0.4) is 0 Å². The second kappa shape index (κ2) is 5.15. The van der Waals surface area contributed by atoms with Crippen LogP contribution in [0.15, 0.2) is 22.7 Å². The summed E-state index contributed by atoms with van der Waals surface area (Å²) in [5, 5.41) is 0. The third-order valence-electron chi connectivity index (χ3n) is 1.84. The zero-order valence-electron chi connectivity index (χ0n) is 8.34. The minimum Gasteiger partial charge on any atom is -0.462 e. The summed E-state index contributed by atoms with van der Waals surface area (Å²) >= 11 is 3.37. The standard InChI is InChI=1S/C11H13BrO2/c1-3-6-14-11(13)9-5-4-8(2)10(12)7-9/h4-5,7H,3,6H2,1-2H3. The molecule has 1 aromatic rings. The van der Waals surface area contributed by atoms with Gasteiger partial charge in [0.25, 0.3) is 0 Å². The first-order chi connectivity index (χ1) is 6.65. The number of hydrogen-bond donors (Lipinski definition) is 0. The molecule has 1 aromatic carbocycles. The van der Waals surface area contributed by atoms with Crippen LogP contribution in [0.5, 0.6) is 0 Å². The van der Waals surface area contributed by atoms with Gasteiger partial charge in [0.1, 0.15) is 0 Å². The highest BCUT2D eigenvalue weighted by Crippen LogP contribution is 2.17. The van der Waals surface area contributed by atoms with E-state index < -0.39 is 0 Å². The number of aryl methyl sites for hydroxylation is 1. The molecule has 0 atom stereocenters. The summed E-state index contributed by atoms with van der Waals surface area (Å²) < 4.78 is 5.95. The first kappa shape index (κ1) is 11.2. The van der Waals surface area contributed by atoms with Gasteiger partial charge in [0.15, 0.2) is 0 Å². The van der Waals surface area contributed by atoms with E-state index in [1.165, 1.54) is 0 Å². The average Bonchev–Trinajstić information content (AvgIpc) is 2.18. The number of carbonyl (C=O) groups excluding carboxylic acids is 1. The van der Waals surface area contributed by atoms with E-state index in [4.69, 9.17) is 4.74 Å². The molecule has 0 spiro atoms. The van der Waals surface area contributed by atoms with Gasteiger partial charge in [-0.25, -0.2) is 4.79 Å². The molecule has 0 radical (unpaired) electrons. The molecule has 0 bridgehead atoms. The minimum atomic E-state index is -0.257. The van der Waals surface area contributed by atoms with Crippen LogP contribution in [0.4, 0.5) is 0 Å². The lowest BCUT2D eigenvalue weighted by molar-refractivity contribution is 0.0505. The van der Waals surface area contributed by atoms with Crippen LogP contribution in [-0.4, -0.2) is 12.6 Å². The lowest BCUT2D eigenvalue weighted by atomic mass is 10.1. The van der Waals surface area contributed by atoms with Crippen molar-refractivity contribution in [2.24, 2.45) is 0 Å². The molecule has 0 N–H and O–H groups in total. The van der Waals surface area contributed by atoms with Crippen molar-refractivity contribution in [1.82, 2.24) is 0 Å². The largest absolute Gasteiger partial charge is 0.462 e. The van der Waals surface area contributed by atoms with E-state index >= 15 is 0 Å². The van der Waals surface area contributed by atoms with Crippen molar-refractivity contribution < 1.29 is 9.53 Å². The van der Waals surface area contributed by atoms with Crippen LogP contribution in [-0.2, 0) is 4.74 Å². The fourth-order valence-corrected chi connectivity index (χ4v) is 1.38. The fourth-order valence-electron chi connectivity index (χ4n) is 0.998. The Morgan fingerprint density at radius 3 is 2.79 bits per heavy atom. The number of esters is 1. The van der Waals surface area contributed by atoms with Gasteiger partial charge in [0, 0.05) is 4.47 Å². The number of rotatable bonds is 3. The van der Waals surface area contributed by atoms with Crippen molar-refractivity contribution in [1.29, 1.82) is 0 Å². The zero-order chi connectivity index (χ0) is 10.6. The molecular weight excluding hydrogens is 244 g/mol. The molecule has 0 aromatic heterocycles. The minimum absolute atomic E-state index is 0.257. The third-order valence-corrected chi connectivity index (χ3v) is 2.70. The van der Waals surface area contributed by atoms with Gasteiger partial charge in [0.05, 0.1) is 12.2 Å². The molecule has 0 aliphatic rings. The molecule has 0 saturated heterocycles. The maximum Gasteiger partial charge on any atom is 0.338 e. The molecule has 14 heavy (non-hydrogen) atoms. The van der Waals surface area contributed by atoms with Crippen LogP contribution >= 0.6 is 15.9 Å². The van der Waals surface area contributed by atoms with Gasteiger partial charge < -0.3 is 4.74 Å². The summed E-state index contributed by atoms with van der Waals surface area (Å²) in [6.45, 7) is 4.42. The Morgan fingerprint density at radius 2 is 2.21 bits per heavy atom. The molecule has 0 heterocycles. The Hall–Kier alpha value is -0.830. The summed E-state index contributed by atoms with van der Waals surface area (Å²) in [6.07, 6.45) is 0.846. The highest BCUT2D eigenvalue weighted by Gasteiger charge is 2.07. The van der Waals surface area contributed by atoms with Crippen LogP contribution in [0, 0.1) is 6.92 Å². The van der Waals surface area contributed by atoms with Crippen LogP contribution < -0.4 is 0 Å². The first-order valence-corrected chi connectivity index (χ1v) is 5.37. The summed E-state index contributed by atoms with van der Waals surface area (Å²) in [5.41, 5.74) is 1.70. The van der Waals surface area contributed by atoms with Crippen LogP contribution in [0.1, 0.15) is 29.3 Å². The van der Waals surface area contributed by atoms with Gasteiger partial charge in [0.2, 0.25) is 0 Å². The third kappa shape index (κ3) is 2.84. The fraction of sp³-hybridized carbons (Fsp3) is 0.364. The van der Waals surface area contributed by atoms with Gasteiger partial charge in [-0.2, -0.15) is 0 Å². The summed E-state index contributed by atoms with van der Waals surface area (Å²) in [6, 6.07) is 5.46. The average molecular weight is 257 g/mol. The lowest BCUT2D eigenvalue weighted by Gasteiger charge is -2.04. The predicted octanol–water partition coefficient (Wildman–Crippen LogP) is 3.32. The Morgan fingerprint density at radius 1 is 1.50 bits per heavy atom. The van der Waals surface area contributed by atoms with E-state index in [1.54, 1.807) is 12.1 Å². The van der Waals surface area contributed by atoms with Crippen molar-refractivity contribution in [3.05, 3.63) is 33.8 Å². The van der Waals surface area contributed by atoms with E-state index in [0.717, 1.165) is 16.5 Å². The van der Waals surface area contributed by atoms with Gasteiger partial charge in [-0.3, -0.25) is 0 Å². The highest BCUT2D eigenvalue weighted by molar-refractivity contribution is 9.10. The monoisotopic (exact) mass is 256 g/mol. The number of benzene rings is 1. The van der Waals surface area contributed by atoms with Crippen molar-refractivity contribution in [3.8, 4) is 0 Å². The normalized spacial score (nSPS) is 9.93. The second-order valence-corrected chi connectivity index (χ2v) is 3.95. The van der Waals surface area contributed by atoms with Gasteiger partial charge in [-0.15, -0.1) is 0 Å². The van der Waals surface area contributed by atoms with Crippen molar-refractivity contribution in [2.75, 3.05) is 6.61 Å². The number of ether oxygens (including phenoxy) is 1. The van der Waals surface area contributed by atoms with E-state index in [-0.39, 0.29) is 5.97 Å². The Bertz CT molecular complexity index is 334. The summed E-state index contributed by atoms with van der Waals surface area (Å²) in [4.78, 5) is 11.4. The Balaban J connectivity index is 2.76. The number of halogens is 1. The maximum absolute atomic E-state index is 11.4. The second-order valence-electron chi connectivity index (χ2n) is 3.10. The maximum atomic E-state index is 11.4. The quantitative estimate of drug-likeness (QED) is 0.776. The zero-order valence-corrected chi connectivity index (χ0v) is 9.93. The van der Waals surface area contributed by atoms with Crippen molar-refractivity contribution >= 4 is 21.9 Å². The Labute approximate surface area is 92.4 Å². The van der Waals surface area contributed by atoms with E-state index in [9.17, 15) is 4.79 Å². The molecule has 3 heteroatoms. The molecule has 0 saturated carbocycles. The molecule has 0 aliphatic carbocycles. The number of hydrogen-bond acceptors (Lipinski definition) is 2. The molecule has 2 nitrogen and oxygen atoms in total.